The van der Waals surface area contributed by atoms with Crippen LogP contribution in [0.4, 0.5) is 4.39 Å². The Bertz CT molecular complexity index is 620. The zero-order valence-corrected chi connectivity index (χ0v) is 9.66. The summed E-state index contributed by atoms with van der Waals surface area (Å²) < 4.78 is 13.0. The van der Waals surface area contributed by atoms with Crippen LogP contribution in [-0.2, 0) is 0 Å². The molecule has 0 atom stereocenters. The van der Waals surface area contributed by atoms with Crippen molar-refractivity contribution in [3.05, 3.63) is 46.6 Å². The summed E-state index contributed by atoms with van der Waals surface area (Å²) in [4.78, 5) is 7.98. The summed E-state index contributed by atoms with van der Waals surface area (Å²) in [5.41, 5.74) is 1.88. The van der Waals surface area contributed by atoms with Gasteiger partial charge in [-0.2, -0.15) is 5.26 Å². The first-order valence-electron chi connectivity index (χ1n) is 4.81. The van der Waals surface area contributed by atoms with Crippen molar-refractivity contribution in [1.29, 1.82) is 5.26 Å². The topological polar surface area (TPSA) is 49.6 Å². The molecule has 2 rings (SSSR count). The van der Waals surface area contributed by atoms with Crippen LogP contribution in [-0.4, -0.2) is 9.97 Å². The van der Waals surface area contributed by atoms with Gasteiger partial charge in [-0.1, -0.05) is 11.6 Å². The van der Waals surface area contributed by atoms with E-state index in [4.69, 9.17) is 16.9 Å². The van der Waals surface area contributed by atoms with E-state index in [2.05, 4.69) is 9.97 Å². The molecule has 0 radical (unpaired) electrons. The second kappa shape index (κ2) is 4.48. The molecule has 0 amide bonds. The van der Waals surface area contributed by atoms with E-state index in [9.17, 15) is 4.39 Å². The number of hydrogen-bond donors (Lipinski definition) is 0. The molecule has 1 aromatic carbocycles. The summed E-state index contributed by atoms with van der Waals surface area (Å²) in [5, 5.41) is 8.80. The lowest BCUT2D eigenvalue weighted by atomic mass is 10.1. The first-order valence-corrected chi connectivity index (χ1v) is 5.19. The van der Waals surface area contributed by atoms with E-state index in [1.54, 1.807) is 19.1 Å². The van der Waals surface area contributed by atoms with Crippen LogP contribution in [0.2, 0.25) is 5.02 Å². The van der Waals surface area contributed by atoms with Gasteiger partial charge in [-0.3, -0.25) is 0 Å². The number of halogens is 2. The van der Waals surface area contributed by atoms with E-state index in [1.807, 2.05) is 6.07 Å². The Morgan fingerprint density at radius 1 is 1.29 bits per heavy atom. The average Bonchev–Trinajstić information content (AvgIpc) is 2.32. The highest BCUT2D eigenvalue weighted by Gasteiger charge is 2.07. The third-order valence-electron chi connectivity index (χ3n) is 2.17. The van der Waals surface area contributed by atoms with Gasteiger partial charge in [0.1, 0.15) is 11.9 Å². The van der Waals surface area contributed by atoms with Gasteiger partial charge in [0.2, 0.25) is 5.82 Å². The van der Waals surface area contributed by atoms with Crippen molar-refractivity contribution in [2.75, 3.05) is 0 Å². The zero-order valence-electron chi connectivity index (χ0n) is 8.91. The standard InChI is InChI=1S/C12H7ClFN3/c1-7-4-11(17-12(6-15)16-7)8-2-3-10(14)9(13)5-8/h2-5H,1H3. The Labute approximate surface area is 103 Å². The van der Waals surface area contributed by atoms with Crippen LogP contribution in [0.3, 0.4) is 0 Å². The third kappa shape index (κ3) is 2.40. The lowest BCUT2D eigenvalue weighted by Crippen LogP contribution is -1.95. The van der Waals surface area contributed by atoms with E-state index in [1.165, 1.54) is 12.1 Å². The number of rotatable bonds is 1. The fourth-order valence-corrected chi connectivity index (χ4v) is 1.60. The molecular weight excluding hydrogens is 241 g/mol. The Kier molecular flexibility index (Phi) is 3.03. The van der Waals surface area contributed by atoms with Crippen LogP contribution >= 0.6 is 11.6 Å². The molecule has 5 heteroatoms. The minimum absolute atomic E-state index is 0.0253. The third-order valence-corrected chi connectivity index (χ3v) is 2.46. The van der Waals surface area contributed by atoms with Gasteiger partial charge in [-0.25, -0.2) is 14.4 Å². The molecule has 0 saturated carbocycles. The maximum Gasteiger partial charge on any atom is 0.232 e. The van der Waals surface area contributed by atoms with Crippen LogP contribution in [0.5, 0.6) is 0 Å². The van der Waals surface area contributed by atoms with Crippen LogP contribution in [0.25, 0.3) is 11.3 Å². The van der Waals surface area contributed by atoms with Gasteiger partial charge in [0.25, 0.3) is 0 Å². The fourth-order valence-electron chi connectivity index (χ4n) is 1.42. The summed E-state index contributed by atoms with van der Waals surface area (Å²) in [7, 11) is 0. The number of benzene rings is 1. The van der Waals surface area contributed by atoms with E-state index >= 15 is 0 Å². The van der Waals surface area contributed by atoms with Crippen LogP contribution < -0.4 is 0 Å². The molecule has 0 bridgehead atoms. The fraction of sp³-hybridized carbons (Fsp3) is 0.0833. The highest BCUT2D eigenvalue weighted by Crippen LogP contribution is 2.23. The number of aromatic nitrogens is 2. The second-order valence-corrected chi connectivity index (χ2v) is 3.87. The minimum Gasteiger partial charge on any atom is -0.224 e. The lowest BCUT2D eigenvalue weighted by molar-refractivity contribution is 0.628. The van der Waals surface area contributed by atoms with E-state index in [0.29, 0.717) is 17.0 Å². The van der Waals surface area contributed by atoms with Gasteiger partial charge in [-0.05, 0) is 31.2 Å². The van der Waals surface area contributed by atoms with E-state index in [0.717, 1.165) is 0 Å². The Balaban J connectivity index is 2.56. The van der Waals surface area contributed by atoms with Crippen molar-refractivity contribution in [2.24, 2.45) is 0 Å². The quantitative estimate of drug-likeness (QED) is 0.778. The molecule has 2 aromatic rings. The predicted octanol–water partition coefficient (Wildman–Crippen LogP) is 3.12. The van der Waals surface area contributed by atoms with Crippen molar-refractivity contribution in [3.63, 3.8) is 0 Å². The molecule has 3 nitrogen and oxygen atoms in total. The van der Waals surface area contributed by atoms with Crippen molar-refractivity contribution in [3.8, 4) is 17.3 Å². The number of hydrogen-bond acceptors (Lipinski definition) is 3. The van der Waals surface area contributed by atoms with Gasteiger partial charge in [0, 0.05) is 11.3 Å². The average molecular weight is 248 g/mol. The molecule has 0 aliphatic carbocycles. The molecule has 0 unspecified atom stereocenters. The Morgan fingerprint density at radius 3 is 2.71 bits per heavy atom. The summed E-state index contributed by atoms with van der Waals surface area (Å²) in [5.74, 6) is -0.401. The number of nitrogens with zero attached hydrogens (tertiary/aromatic N) is 3. The SMILES string of the molecule is Cc1cc(-c2ccc(F)c(Cl)c2)nc(C#N)n1. The van der Waals surface area contributed by atoms with Crippen LogP contribution in [0, 0.1) is 24.1 Å². The summed E-state index contributed by atoms with van der Waals surface area (Å²) in [6, 6.07) is 7.88. The van der Waals surface area contributed by atoms with E-state index in [-0.39, 0.29) is 10.8 Å². The largest absolute Gasteiger partial charge is 0.232 e. The molecule has 84 valence electrons. The second-order valence-electron chi connectivity index (χ2n) is 3.46. The highest BCUT2D eigenvalue weighted by atomic mass is 35.5. The maximum absolute atomic E-state index is 13.0. The van der Waals surface area contributed by atoms with Gasteiger partial charge in [0.05, 0.1) is 10.7 Å². The van der Waals surface area contributed by atoms with Gasteiger partial charge < -0.3 is 0 Å². The minimum atomic E-state index is -0.485. The molecule has 17 heavy (non-hydrogen) atoms. The highest BCUT2D eigenvalue weighted by molar-refractivity contribution is 6.31. The molecule has 0 fully saturated rings. The Morgan fingerprint density at radius 2 is 2.06 bits per heavy atom. The lowest BCUT2D eigenvalue weighted by Gasteiger charge is -2.03. The van der Waals surface area contributed by atoms with Crippen molar-refractivity contribution in [1.82, 2.24) is 9.97 Å². The monoisotopic (exact) mass is 247 g/mol. The van der Waals surface area contributed by atoms with Crippen molar-refractivity contribution in [2.45, 2.75) is 6.92 Å². The smallest absolute Gasteiger partial charge is 0.224 e. The molecular formula is C12H7ClFN3. The molecule has 0 spiro atoms. The molecule has 0 N–H and O–H groups in total. The van der Waals surface area contributed by atoms with E-state index < -0.39 is 5.82 Å². The van der Waals surface area contributed by atoms with Crippen LogP contribution in [0.15, 0.2) is 24.3 Å². The predicted molar refractivity (Wildman–Crippen MR) is 61.9 cm³/mol. The summed E-state index contributed by atoms with van der Waals surface area (Å²) in [6.07, 6.45) is 0. The normalized spacial score (nSPS) is 10.0. The summed E-state index contributed by atoms with van der Waals surface area (Å²) in [6.45, 7) is 1.76. The van der Waals surface area contributed by atoms with Crippen LogP contribution in [0.1, 0.15) is 11.5 Å². The van der Waals surface area contributed by atoms with Gasteiger partial charge >= 0.3 is 0 Å². The molecule has 1 heterocycles. The molecule has 1 aromatic heterocycles. The maximum atomic E-state index is 13.0. The molecule has 0 aliphatic heterocycles. The number of nitriles is 1. The van der Waals surface area contributed by atoms with Gasteiger partial charge in [-0.15, -0.1) is 0 Å². The van der Waals surface area contributed by atoms with Gasteiger partial charge in [0.15, 0.2) is 0 Å². The zero-order chi connectivity index (χ0) is 12.4. The Hall–Kier alpha value is -1.99. The van der Waals surface area contributed by atoms with Crippen molar-refractivity contribution < 1.29 is 4.39 Å². The first-order chi connectivity index (χ1) is 8.10. The summed E-state index contributed by atoms with van der Waals surface area (Å²) >= 11 is 5.69. The number of aryl methyl sites for hydroxylation is 1. The molecule has 0 aliphatic rings. The molecule has 0 saturated heterocycles. The van der Waals surface area contributed by atoms with Crippen molar-refractivity contribution >= 4 is 11.6 Å². The first kappa shape index (κ1) is 11.5.